The fourth-order valence-electron chi connectivity index (χ4n) is 0.719. The molecular weight excluding hydrogens is 176 g/mol. The van der Waals surface area contributed by atoms with Crippen LogP contribution in [0.2, 0.25) is 0 Å². The molecule has 0 spiro atoms. The van der Waals surface area contributed by atoms with Crippen LogP contribution in [0.5, 0.6) is 0 Å². The van der Waals surface area contributed by atoms with Crippen molar-refractivity contribution in [2.75, 3.05) is 13.1 Å². The van der Waals surface area contributed by atoms with Crippen molar-refractivity contribution in [1.82, 2.24) is 9.29 Å². The molecule has 2 nitrogen and oxygen atoms in total. The van der Waals surface area contributed by atoms with E-state index in [0.29, 0.717) is 0 Å². The zero-order valence-corrected chi connectivity index (χ0v) is 8.41. The van der Waals surface area contributed by atoms with E-state index < -0.39 is 0 Å². The van der Waals surface area contributed by atoms with Gasteiger partial charge in [-0.2, -0.15) is 0 Å². The van der Waals surface area contributed by atoms with Gasteiger partial charge in [0.05, 0.1) is 0 Å². The van der Waals surface area contributed by atoms with Gasteiger partial charge in [-0.05, 0) is 11.9 Å². The summed E-state index contributed by atoms with van der Waals surface area (Å²) < 4.78 is 3.41. The number of nitrogens with zero attached hydrogens (tertiary/aromatic N) is 2. The molecule has 0 bridgehead atoms. The number of hydrogen-bond donors (Lipinski definition) is 0. The van der Waals surface area contributed by atoms with E-state index in [1.807, 2.05) is 11.6 Å². The normalized spacial score (nSPS) is 10.8. The van der Waals surface area contributed by atoms with Crippen LogP contribution >= 0.6 is 23.3 Å². The monoisotopic (exact) mass is 188 g/mol. The second-order valence-electron chi connectivity index (χ2n) is 2.00. The van der Waals surface area contributed by atoms with Gasteiger partial charge in [-0.25, -0.2) is 9.29 Å². The molecule has 1 heterocycles. The summed E-state index contributed by atoms with van der Waals surface area (Å²) in [5, 5.41) is 2.01. The Morgan fingerprint density at radius 1 is 1.55 bits per heavy atom. The van der Waals surface area contributed by atoms with Crippen molar-refractivity contribution in [1.29, 1.82) is 0 Å². The Hall–Kier alpha value is -0.0600. The van der Waals surface area contributed by atoms with Gasteiger partial charge in [0.2, 0.25) is 0 Å². The van der Waals surface area contributed by atoms with Crippen molar-refractivity contribution in [2.45, 2.75) is 18.2 Å². The third-order valence-electron chi connectivity index (χ3n) is 1.32. The molecule has 1 aromatic heterocycles. The summed E-state index contributed by atoms with van der Waals surface area (Å²) in [5.74, 6) is 0. The first kappa shape index (κ1) is 9.03. The number of hydrogen-bond acceptors (Lipinski definition) is 4. The van der Waals surface area contributed by atoms with E-state index in [0.717, 1.165) is 17.4 Å². The average molecular weight is 188 g/mol. The molecule has 0 unspecified atom stereocenters. The lowest BCUT2D eigenvalue weighted by molar-refractivity contribution is 0.524. The molecule has 0 aliphatic carbocycles. The van der Waals surface area contributed by atoms with E-state index in [-0.39, 0.29) is 0 Å². The van der Waals surface area contributed by atoms with E-state index in [9.17, 15) is 0 Å². The molecule has 0 saturated carbocycles. The van der Waals surface area contributed by atoms with Gasteiger partial charge in [-0.1, -0.05) is 13.8 Å². The van der Waals surface area contributed by atoms with Crippen molar-refractivity contribution >= 4 is 23.3 Å². The van der Waals surface area contributed by atoms with E-state index in [1.54, 1.807) is 23.3 Å². The Morgan fingerprint density at radius 3 is 2.73 bits per heavy atom. The minimum absolute atomic E-state index is 1.07. The number of rotatable bonds is 4. The summed E-state index contributed by atoms with van der Waals surface area (Å²) in [4.78, 5) is 4.19. The van der Waals surface area contributed by atoms with Crippen LogP contribution in [-0.2, 0) is 0 Å². The van der Waals surface area contributed by atoms with Crippen LogP contribution in [0.4, 0.5) is 0 Å². The topological polar surface area (TPSA) is 16.1 Å². The van der Waals surface area contributed by atoms with Crippen molar-refractivity contribution in [2.24, 2.45) is 0 Å². The van der Waals surface area contributed by atoms with Crippen LogP contribution in [0.15, 0.2) is 15.9 Å². The van der Waals surface area contributed by atoms with E-state index in [4.69, 9.17) is 0 Å². The maximum Gasteiger partial charge on any atom is 0.165 e. The van der Waals surface area contributed by atoms with Crippen LogP contribution in [0, 0.1) is 0 Å². The van der Waals surface area contributed by atoms with Gasteiger partial charge in [-0.15, -0.1) is 11.3 Å². The van der Waals surface area contributed by atoms with E-state index >= 15 is 0 Å². The zero-order chi connectivity index (χ0) is 8.10. The summed E-state index contributed by atoms with van der Waals surface area (Å²) in [6.07, 6.45) is 1.84. The third kappa shape index (κ3) is 2.81. The maximum atomic E-state index is 4.19. The van der Waals surface area contributed by atoms with Crippen molar-refractivity contribution in [3.05, 3.63) is 11.6 Å². The summed E-state index contributed by atoms with van der Waals surface area (Å²) in [6.45, 7) is 6.45. The minimum atomic E-state index is 1.07. The lowest BCUT2D eigenvalue weighted by Crippen LogP contribution is -2.13. The second-order valence-corrected chi connectivity index (χ2v) is 4.24. The molecule has 1 rings (SSSR count). The van der Waals surface area contributed by atoms with Crippen molar-refractivity contribution < 1.29 is 0 Å². The largest absolute Gasteiger partial charge is 0.245 e. The Kier molecular flexibility index (Phi) is 3.90. The lowest BCUT2D eigenvalue weighted by atomic mass is 10.7. The molecule has 0 radical (unpaired) electrons. The minimum Gasteiger partial charge on any atom is -0.245 e. The van der Waals surface area contributed by atoms with E-state index in [2.05, 4.69) is 23.1 Å². The van der Waals surface area contributed by atoms with Gasteiger partial charge < -0.3 is 0 Å². The maximum absolute atomic E-state index is 4.19. The predicted octanol–water partition coefficient (Wildman–Crippen LogP) is 2.49. The van der Waals surface area contributed by atoms with Gasteiger partial charge in [0.1, 0.15) is 0 Å². The molecular formula is C7H12N2S2. The first-order valence-corrected chi connectivity index (χ1v) is 5.34. The van der Waals surface area contributed by atoms with Gasteiger partial charge in [0.25, 0.3) is 0 Å². The second kappa shape index (κ2) is 4.74. The number of aromatic nitrogens is 1. The molecule has 0 N–H and O–H groups in total. The Balaban J connectivity index is 2.41. The smallest absolute Gasteiger partial charge is 0.165 e. The summed E-state index contributed by atoms with van der Waals surface area (Å²) in [5.41, 5.74) is 0. The third-order valence-corrected chi connectivity index (χ3v) is 3.44. The molecule has 11 heavy (non-hydrogen) atoms. The van der Waals surface area contributed by atoms with Crippen molar-refractivity contribution in [3.8, 4) is 0 Å². The highest BCUT2D eigenvalue weighted by Gasteiger charge is 2.02. The molecule has 0 saturated heterocycles. The standard InChI is InChI=1S/C7H12N2S2/c1-3-9(4-2)11-7-8-5-6-10-7/h5-6H,3-4H2,1-2H3. The van der Waals surface area contributed by atoms with Crippen LogP contribution in [0.3, 0.4) is 0 Å². The molecule has 1 aromatic rings. The molecule has 0 fully saturated rings. The molecule has 0 aliphatic heterocycles. The quantitative estimate of drug-likeness (QED) is 0.675. The SMILES string of the molecule is CCN(CC)Sc1nccs1. The first-order chi connectivity index (χ1) is 5.36. The van der Waals surface area contributed by atoms with Gasteiger partial charge in [0, 0.05) is 24.7 Å². The van der Waals surface area contributed by atoms with Gasteiger partial charge >= 0.3 is 0 Å². The van der Waals surface area contributed by atoms with Crippen LogP contribution in [0.1, 0.15) is 13.8 Å². The van der Waals surface area contributed by atoms with Crippen molar-refractivity contribution in [3.63, 3.8) is 0 Å². The molecule has 0 aromatic carbocycles. The summed E-state index contributed by atoms with van der Waals surface area (Å²) in [7, 11) is 0. The molecule has 4 heteroatoms. The molecule has 62 valence electrons. The van der Waals surface area contributed by atoms with Gasteiger partial charge in [0.15, 0.2) is 4.34 Å². The lowest BCUT2D eigenvalue weighted by Gasteiger charge is -2.13. The number of thiazole rings is 1. The van der Waals surface area contributed by atoms with Crippen LogP contribution < -0.4 is 0 Å². The Bertz CT molecular complexity index is 182. The van der Waals surface area contributed by atoms with Crippen LogP contribution in [0.25, 0.3) is 0 Å². The fraction of sp³-hybridized carbons (Fsp3) is 0.571. The highest BCUT2D eigenvalue weighted by Crippen LogP contribution is 2.23. The molecule has 0 atom stereocenters. The Labute approximate surface area is 75.8 Å². The molecule has 0 amide bonds. The fourth-order valence-corrected chi connectivity index (χ4v) is 2.32. The summed E-state index contributed by atoms with van der Waals surface area (Å²) in [6, 6.07) is 0. The predicted molar refractivity (Wildman–Crippen MR) is 50.9 cm³/mol. The summed E-state index contributed by atoms with van der Waals surface area (Å²) >= 11 is 3.43. The van der Waals surface area contributed by atoms with Gasteiger partial charge in [-0.3, -0.25) is 0 Å². The molecule has 0 aliphatic rings. The highest BCUT2D eigenvalue weighted by molar-refractivity contribution is 7.98. The average Bonchev–Trinajstić information content (AvgIpc) is 2.52. The van der Waals surface area contributed by atoms with Crippen LogP contribution in [-0.4, -0.2) is 22.4 Å². The highest BCUT2D eigenvalue weighted by atomic mass is 32.2. The zero-order valence-electron chi connectivity index (χ0n) is 6.78. The first-order valence-electron chi connectivity index (χ1n) is 3.69. The Morgan fingerprint density at radius 2 is 2.27 bits per heavy atom. The van der Waals surface area contributed by atoms with E-state index in [1.165, 1.54) is 0 Å².